The van der Waals surface area contributed by atoms with Crippen LogP contribution < -0.4 is 5.32 Å². The fourth-order valence-electron chi connectivity index (χ4n) is 11.4. The van der Waals surface area contributed by atoms with Gasteiger partial charge in [-0.05, 0) is 77.0 Å². The number of aliphatic hydroxyl groups excluding tert-OH is 5. The van der Waals surface area contributed by atoms with Crippen molar-refractivity contribution in [1.29, 1.82) is 0 Å². The standard InChI is InChI=1S/C74H137NO10/c1-3-5-7-9-11-13-41-46-50-54-58-62-70(79)83-63-59-55-51-47-43-40-38-36-34-32-30-28-26-24-22-20-18-16-14-15-17-19-21-23-25-27-29-31-33-35-37-39-42-45-49-53-57-61-69(78)75-66(67(77)60-56-52-48-44-12-10-8-6-4-2)65-84-74-73(82)72(81)71(80)68(64-76)85-74/h12,14,16,20,22,44,56,60,66-68,71-74,76-77,80-82H,3-11,13,15,17-19,21,23-43,45-55,57-59,61-65H2,1-2H3,(H,75,78)/b16-14-,22-20-,44-12+,60-56+. The van der Waals surface area contributed by atoms with E-state index in [0.717, 1.165) is 57.8 Å². The third kappa shape index (κ3) is 52.1. The summed E-state index contributed by atoms with van der Waals surface area (Å²) in [4.78, 5) is 25.0. The Morgan fingerprint density at radius 1 is 0.435 bits per heavy atom. The highest BCUT2D eigenvalue weighted by Crippen LogP contribution is 2.23. The van der Waals surface area contributed by atoms with Crippen molar-refractivity contribution in [3.8, 4) is 0 Å². The van der Waals surface area contributed by atoms with Crippen LogP contribution in [-0.2, 0) is 23.8 Å². The van der Waals surface area contributed by atoms with E-state index in [1.54, 1.807) is 6.08 Å². The monoisotopic (exact) mass is 1200 g/mol. The second kappa shape index (κ2) is 63.2. The number of esters is 1. The molecule has 11 heteroatoms. The molecule has 85 heavy (non-hydrogen) atoms. The third-order valence-electron chi connectivity index (χ3n) is 17.2. The number of hydrogen-bond donors (Lipinski definition) is 6. The molecule has 7 unspecified atom stereocenters. The highest BCUT2D eigenvalue weighted by atomic mass is 16.7. The van der Waals surface area contributed by atoms with Crippen LogP contribution in [0.15, 0.2) is 48.6 Å². The summed E-state index contributed by atoms with van der Waals surface area (Å²) in [7, 11) is 0. The molecule has 0 radical (unpaired) electrons. The Kier molecular flexibility index (Phi) is 60.0. The molecule has 6 N–H and O–H groups in total. The lowest BCUT2D eigenvalue weighted by molar-refractivity contribution is -0.302. The van der Waals surface area contributed by atoms with Gasteiger partial charge in [-0.25, -0.2) is 0 Å². The normalized spacial score (nSPS) is 18.2. The molecular weight excluding hydrogens is 1060 g/mol. The van der Waals surface area contributed by atoms with Gasteiger partial charge in [0.25, 0.3) is 0 Å². The van der Waals surface area contributed by atoms with Gasteiger partial charge in [0.2, 0.25) is 5.91 Å². The van der Waals surface area contributed by atoms with Crippen LogP contribution in [-0.4, -0.2) is 100 Å². The van der Waals surface area contributed by atoms with Crippen LogP contribution in [0.4, 0.5) is 0 Å². The molecule has 1 saturated heterocycles. The minimum absolute atomic E-state index is 0.0121. The minimum Gasteiger partial charge on any atom is -0.466 e. The second-order valence-electron chi connectivity index (χ2n) is 25.3. The maximum atomic E-state index is 13.0. The lowest BCUT2D eigenvalue weighted by atomic mass is 9.99. The molecule has 0 aromatic carbocycles. The second-order valence-corrected chi connectivity index (χ2v) is 25.3. The van der Waals surface area contributed by atoms with Crippen LogP contribution in [0.5, 0.6) is 0 Å². The number of carbonyl (C=O) groups excluding carboxylic acids is 2. The number of carbonyl (C=O) groups is 2. The predicted octanol–water partition coefficient (Wildman–Crippen LogP) is 18.7. The third-order valence-corrected chi connectivity index (χ3v) is 17.2. The van der Waals surface area contributed by atoms with Gasteiger partial charge < -0.3 is 45.1 Å². The van der Waals surface area contributed by atoms with Gasteiger partial charge in [-0.1, -0.05) is 306 Å². The van der Waals surface area contributed by atoms with Crippen molar-refractivity contribution in [1.82, 2.24) is 5.32 Å². The number of hydrogen-bond acceptors (Lipinski definition) is 10. The Balaban J connectivity index is 1.90. The van der Waals surface area contributed by atoms with Crippen LogP contribution in [0.3, 0.4) is 0 Å². The van der Waals surface area contributed by atoms with Crippen molar-refractivity contribution in [2.24, 2.45) is 0 Å². The van der Waals surface area contributed by atoms with Crippen molar-refractivity contribution in [3.63, 3.8) is 0 Å². The lowest BCUT2D eigenvalue weighted by Crippen LogP contribution is -2.60. The van der Waals surface area contributed by atoms with E-state index >= 15 is 0 Å². The van der Waals surface area contributed by atoms with Gasteiger partial charge in [0, 0.05) is 12.8 Å². The van der Waals surface area contributed by atoms with E-state index < -0.39 is 49.5 Å². The van der Waals surface area contributed by atoms with E-state index in [1.165, 1.54) is 263 Å². The zero-order valence-corrected chi connectivity index (χ0v) is 55.3. The Morgan fingerprint density at radius 2 is 0.800 bits per heavy atom. The molecule has 0 aromatic heterocycles. The summed E-state index contributed by atoms with van der Waals surface area (Å²) in [5, 5.41) is 54.3. The molecule has 0 saturated carbocycles. The summed E-state index contributed by atoms with van der Waals surface area (Å²) in [5.41, 5.74) is 0. The van der Waals surface area contributed by atoms with E-state index in [1.807, 2.05) is 6.08 Å². The van der Waals surface area contributed by atoms with Crippen LogP contribution in [0.25, 0.3) is 0 Å². The van der Waals surface area contributed by atoms with E-state index in [9.17, 15) is 35.1 Å². The van der Waals surface area contributed by atoms with E-state index in [-0.39, 0.29) is 18.5 Å². The number of amides is 1. The summed E-state index contributed by atoms with van der Waals surface area (Å²) in [6, 6.07) is -0.824. The molecule has 1 aliphatic heterocycles. The van der Waals surface area contributed by atoms with Gasteiger partial charge >= 0.3 is 5.97 Å². The zero-order chi connectivity index (χ0) is 61.6. The Labute approximate surface area is 523 Å². The molecule has 498 valence electrons. The number of allylic oxidation sites excluding steroid dienone is 7. The fourth-order valence-corrected chi connectivity index (χ4v) is 11.4. The van der Waals surface area contributed by atoms with Crippen LogP contribution in [0.2, 0.25) is 0 Å². The van der Waals surface area contributed by atoms with E-state index in [0.29, 0.717) is 19.4 Å². The highest BCUT2D eigenvalue weighted by Gasteiger charge is 2.44. The molecule has 1 aliphatic rings. The first-order valence-electron chi connectivity index (χ1n) is 36.4. The smallest absolute Gasteiger partial charge is 0.305 e. The lowest BCUT2D eigenvalue weighted by Gasteiger charge is -2.40. The molecule has 7 atom stereocenters. The predicted molar refractivity (Wildman–Crippen MR) is 357 cm³/mol. The van der Waals surface area contributed by atoms with Gasteiger partial charge in [-0.2, -0.15) is 0 Å². The quantitative estimate of drug-likeness (QED) is 0.0195. The molecule has 1 amide bonds. The van der Waals surface area contributed by atoms with Gasteiger partial charge in [0.05, 0.1) is 32.0 Å². The Bertz CT molecular complexity index is 1550. The van der Waals surface area contributed by atoms with Crippen molar-refractivity contribution in [2.75, 3.05) is 19.8 Å². The zero-order valence-electron chi connectivity index (χ0n) is 55.3. The van der Waals surface area contributed by atoms with Gasteiger partial charge in [0.1, 0.15) is 24.4 Å². The Morgan fingerprint density at radius 3 is 1.26 bits per heavy atom. The average molecular weight is 1200 g/mol. The number of ether oxygens (including phenoxy) is 3. The first kappa shape index (κ1) is 80.6. The van der Waals surface area contributed by atoms with E-state index in [4.69, 9.17) is 14.2 Å². The summed E-state index contributed by atoms with van der Waals surface area (Å²) in [5.74, 6) is -0.179. The molecule has 1 fully saturated rings. The molecule has 1 rings (SSSR count). The summed E-state index contributed by atoms with van der Waals surface area (Å²) < 4.78 is 16.7. The number of unbranched alkanes of at least 4 members (excludes halogenated alkanes) is 44. The molecular formula is C74H137NO10. The minimum atomic E-state index is -1.57. The molecule has 0 aliphatic carbocycles. The van der Waals surface area contributed by atoms with Crippen molar-refractivity contribution < 1.29 is 49.3 Å². The van der Waals surface area contributed by atoms with Crippen LogP contribution in [0, 0.1) is 0 Å². The highest BCUT2D eigenvalue weighted by molar-refractivity contribution is 5.76. The summed E-state index contributed by atoms with van der Waals surface area (Å²) >= 11 is 0. The summed E-state index contributed by atoms with van der Waals surface area (Å²) in [6.45, 7) is 4.30. The molecule has 11 nitrogen and oxygen atoms in total. The van der Waals surface area contributed by atoms with Crippen molar-refractivity contribution in [2.45, 2.75) is 391 Å². The Hall–Kier alpha value is -2.38. The molecule has 0 aromatic rings. The summed E-state index contributed by atoms with van der Waals surface area (Å²) in [6.07, 6.45) is 72.9. The van der Waals surface area contributed by atoms with Crippen molar-refractivity contribution >= 4 is 11.9 Å². The van der Waals surface area contributed by atoms with E-state index in [2.05, 4.69) is 55.6 Å². The SMILES string of the molecule is CCCCC/C=C/CC/C=C/C(O)C(COC1OC(CO)C(O)C(O)C1O)NC(=O)CCCCCCCCCCCCCCCCCCC/C=C\C/C=C\CCCCCCCCCCCCCCCOC(=O)CCCCCCCCCCCCC. The number of aliphatic hydroxyl groups is 5. The maximum absolute atomic E-state index is 13.0. The van der Waals surface area contributed by atoms with Crippen LogP contribution >= 0.6 is 0 Å². The molecule has 0 bridgehead atoms. The average Bonchev–Trinajstić information content (AvgIpc) is 3.34. The first-order chi connectivity index (χ1) is 41.7. The molecule has 0 spiro atoms. The maximum Gasteiger partial charge on any atom is 0.305 e. The van der Waals surface area contributed by atoms with Gasteiger partial charge in [-0.15, -0.1) is 0 Å². The molecule has 1 heterocycles. The first-order valence-corrected chi connectivity index (χ1v) is 36.4. The topological polar surface area (TPSA) is 175 Å². The van der Waals surface area contributed by atoms with Crippen LogP contribution in [0.1, 0.15) is 348 Å². The van der Waals surface area contributed by atoms with Crippen molar-refractivity contribution in [3.05, 3.63) is 48.6 Å². The fraction of sp³-hybridized carbons (Fsp3) is 0.865. The number of rotatable bonds is 64. The van der Waals surface area contributed by atoms with Gasteiger partial charge in [0.15, 0.2) is 6.29 Å². The van der Waals surface area contributed by atoms with Gasteiger partial charge in [-0.3, -0.25) is 9.59 Å². The largest absolute Gasteiger partial charge is 0.466 e. The number of nitrogens with one attached hydrogen (secondary N) is 1.